The van der Waals surface area contributed by atoms with Crippen molar-refractivity contribution in [3.8, 4) is 0 Å². The number of nitrogens with two attached hydrogens (primary N) is 1. The molecule has 1 fully saturated rings. The summed E-state index contributed by atoms with van der Waals surface area (Å²) in [5.74, 6) is -1.10. The second-order valence-electron chi connectivity index (χ2n) is 5.37. The van der Waals surface area contributed by atoms with Crippen molar-refractivity contribution in [1.82, 2.24) is 10.2 Å². The Morgan fingerprint density at radius 3 is 2.39 bits per heavy atom. The zero-order chi connectivity index (χ0) is 17.0. The number of benzene rings is 1. The van der Waals surface area contributed by atoms with Gasteiger partial charge in [0.25, 0.3) is 5.91 Å². The number of rotatable bonds is 4. The molecule has 0 bridgehead atoms. The lowest BCUT2D eigenvalue weighted by atomic mass is 9.96. The highest BCUT2D eigenvalue weighted by atomic mass is 35.5. The fourth-order valence-electron chi connectivity index (χ4n) is 2.42. The van der Waals surface area contributed by atoms with Crippen molar-refractivity contribution in [3.63, 3.8) is 0 Å². The summed E-state index contributed by atoms with van der Waals surface area (Å²) < 4.78 is 0. The molecule has 1 aliphatic rings. The molecule has 0 unspecified atom stereocenters. The van der Waals surface area contributed by atoms with Crippen LogP contribution in [0.25, 0.3) is 0 Å². The van der Waals surface area contributed by atoms with Crippen LogP contribution in [0.5, 0.6) is 0 Å². The number of amides is 3. The van der Waals surface area contributed by atoms with Crippen LogP contribution in [-0.4, -0.2) is 42.3 Å². The molecule has 0 saturated carbocycles. The molecule has 1 saturated heterocycles. The summed E-state index contributed by atoms with van der Waals surface area (Å²) >= 11 is 11.6. The summed E-state index contributed by atoms with van der Waals surface area (Å²) in [5, 5.41) is 3.19. The Morgan fingerprint density at radius 1 is 1.17 bits per heavy atom. The van der Waals surface area contributed by atoms with Gasteiger partial charge in [-0.2, -0.15) is 0 Å². The summed E-state index contributed by atoms with van der Waals surface area (Å²) in [4.78, 5) is 36.8. The van der Waals surface area contributed by atoms with E-state index < -0.39 is 5.91 Å². The zero-order valence-electron chi connectivity index (χ0n) is 12.4. The molecule has 0 aliphatic carbocycles. The molecule has 1 aromatic rings. The third-order valence-corrected chi connectivity index (χ3v) is 4.57. The minimum atomic E-state index is -0.399. The molecule has 1 heterocycles. The first-order valence-corrected chi connectivity index (χ1v) is 7.94. The average Bonchev–Trinajstić information content (AvgIpc) is 2.54. The highest BCUT2D eigenvalue weighted by Crippen LogP contribution is 2.22. The number of piperidine rings is 1. The fourth-order valence-corrected chi connectivity index (χ4v) is 2.72. The maximum atomic E-state index is 12.1. The lowest BCUT2D eigenvalue weighted by Crippen LogP contribution is -2.45. The third-order valence-electron chi connectivity index (χ3n) is 3.83. The van der Waals surface area contributed by atoms with Gasteiger partial charge in [-0.25, -0.2) is 0 Å². The van der Waals surface area contributed by atoms with Gasteiger partial charge in [0.1, 0.15) is 0 Å². The monoisotopic (exact) mass is 357 g/mol. The molecule has 2 rings (SSSR count). The van der Waals surface area contributed by atoms with Crippen molar-refractivity contribution >= 4 is 40.9 Å². The molecule has 6 nitrogen and oxygen atoms in total. The van der Waals surface area contributed by atoms with E-state index in [0.29, 0.717) is 36.5 Å². The van der Waals surface area contributed by atoms with E-state index in [9.17, 15) is 14.4 Å². The number of primary amides is 1. The SMILES string of the molecule is NC(=O)C1CCN(C(=O)CNC(=O)c2ccc(Cl)c(Cl)c2)CC1. The normalized spacial score (nSPS) is 15.3. The van der Waals surface area contributed by atoms with Crippen LogP contribution in [0, 0.1) is 5.92 Å². The van der Waals surface area contributed by atoms with Gasteiger partial charge in [0.2, 0.25) is 11.8 Å². The first kappa shape index (κ1) is 17.6. The van der Waals surface area contributed by atoms with Crippen molar-refractivity contribution in [1.29, 1.82) is 0 Å². The van der Waals surface area contributed by atoms with Crippen LogP contribution in [-0.2, 0) is 9.59 Å². The predicted octanol–water partition coefficient (Wildman–Crippen LogP) is 1.45. The largest absolute Gasteiger partial charge is 0.369 e. The molecule has 3 N–H and O–H groups in total. The number of hydrogen-bond acceptors (Lipinski definition) is 3. The van der Waals surface area contributed by atoms with Gasteiger partial charge < -0.3 is 16.0 Å². The second-order valence-corrected chi connectivity index (χ2v) is 6.18. The van der Waals surface area contributed by atoms with Crippen LogP contribution in [0.3, 0.4) is 0 Å². The molecule has 0 spiro atoms. The topological polar surface area (TPSA) is 92.5 Å². The fraction of sp³-hybridized carbons (Fsp3) is 0.400. The average molecular weight is 358 g/mol. The van der Waals surface area contributed by atoms with Gasteiger partial charge in [0.15, 0.2) is 0 Å². The van der Waals surface area contributed by atoms with Crippen LogP contribution >= 0.6 is 23.2 Å². The van der Waals surface area contributed by atoms with Crippen LogP contribution in [0.15, 0.2) is 18.2 Å². The highest BCUT2D eigenvalue weighted by molar-refractivity contribution is 6.42. The first-order chi connectivity index (χ1) is 10.9. The van der Waals surface area contributed by atoms with Crippen molar-refractivity contribution in [2.75, 3.05) is 19.6 Å². The van der Waals surface area contributed by atoms with E-state index in [1.165, 1.54) is 18.2 Å². The summed E-state index contributed by atoms with van der Waals surface area (Å²) in [6.07, 6.45) is 1.11. The molecule has 124 valence electrons. The Kier molecular flexibility index (Phi) is 5.85. The number of halogens is 2. The number of nitrogens with one attached hydrogen (secondary N) is 1. The predicted molar refractivity (Wildman–Crippen MR) is 87.3 cm³/mol. The Balaban J connectivity index is 1.83. The first-order valence-electron chi connectivity index (χ1n) is 7.19. The van der Waals surface area contributed by atoms with Crippen LogP contribution in [0.1, 0.15) is 23.2 Å². The van der Waals surface area contributed by atoms with Crippen LogP contribution in [0.2, 0.25) is 10.0 Å². The van der Waals surface area contributed by atoms with Gasteiger partial charge in [0, 0.05) is 24.6 Å². The van der Waals surface area contributed by atoms with Crippen LogP contribution < -0.4 is 11.1 Å². The molecule has 0 aromatic heterocycles. The molecule has 3 amide bonds. The highest BCUT2D eigenvalue weighted by Gasteiger charge is 2.25. The minimum absolute atomic E-state index is 0.111. The van der Waals surface area contributed by atoms with Crippen molar-refractivity contribution in [3.05, 3.63) is 33.8 Å². The molecule has 0 atom stereocenters. The van der Waals surface area contributed by atoms with E-state index in [2.05, 4.69) is 5.32 Å². The van der Waals surface area contributed by atoms with E-state index in [1.807, 2.05) is 0 Å². The summed E-state index contributed by atoms with van der Waals surface area (Å²) in [7, 11) is 0. The van der Waals surface area contributed by atoms with Crippen LogP contribution in [0.4, 0.5) is 0 Å². The smallest absolute Gasteiger partial charge is 0.251 e. The molecule has 1 aliphatic heterocycles. The molecular formula is C15H17Cl2N3O3. The maximum absolute atomic E-state index is 12.1. The van der Waals surface area contributed by atoms with Gasteiger partial charge >= 0.3 is 0 Å². The molecular weight excluding hydrogens is 341 g/mol. The Hall–Kier alpha value is -1.79. The molecule has 23 heavy (non-hydrogen) atoms. The standard InChI is InChI=1S/C15H17Cl2N3O3/c16-11-2-1-10(7-12(11)17)15(23)19-8-13(21)20-5-3-9(4-6-20)14(18)22/h1-2,7,9H,3-6,8H2,(H2,18,22)(H,19,23). The second kappa shape index (κ2) is 7.66. The van der Waals surface area contributed by atoms with Crippen molar-refractivity contribution in [2.24, 2.45) is 11.7 Å². The Labute approximate surface area is 143 Å². The number of hydrogen-bond donors (Lipinski definition) is 2. The van der Waals surface area contributed by atoms with Gasteiger partial charge in [-0.15, -0.1) is 0 Å². The van der Waals surface area contributed by atoms with E-state index in [1.54, 1.807) is 4.90 Å². The zero-order valence-corrected chi connectivity index (χ0v) is 13.9. The number of likely N-dealkylation sites (tertiary alicyclic amines) is 1. The third kappa shape index (κ3) is 4.59. The maximum Gasteiger partial charge on any atom is 0.251 e. The van der Waals surface area contributed by atoms with E-state index >= 15 is 0 Å². The summed E-state index contributed by atoms with van der Waals surface area (Å²) in [6, 6.07) is 4.50. The Morgan fingerprint density at radius 2 is 1.83 bits per heavy atom. The molecule has 1 aromatic carbocycles. The number of carbonyl (C=O) groups is 3. The summed E-state index contributed by atoms with van der Waals surface area (Å²) in [6.45, 7) is 0.824. The van der Waals surface area contributed by atoms with E-state index in [4.69, 9.17) is 28.9 Å². The van der Waals surface area contributed by atoms with Gasteiger partial charge in [-0.1, -0.05) is 23.2 Å². The van der Waals surface area contributed by atoms with E-state index in [0.717, 1.165) is 0 Å². The van der Waals surface area contributed by atoms with Crippen molar-refractivity contribution < 1.29 is 14.4 Å². The molecule has 0 radical (unpaired) electrons. The Bertz CT molecular complexity index is 628. The van der Waals surface area contributed by atoms with E-state index in [-0.39, 0.29) is 29.3 Å². The summed E-state index contributed by atoms with van der Waals surface area (Å²) in [5.41, 5.74) is 5.59. The molecule has 8 heteroatoms. The van der Waals surface area contributed by atoms with Gasteiger partial charge in [-0.05, 0) is 31.0 Å². The minimum Gasteiger partial charge on any atom is -0.369 e. The lowest BCUT2D eigenvalue weighted by molar-refractivity contribution is -0.133. The lowest BCUT2D eigenvalue weighted by Gasteiger charge is -2.30. The number of carbonyl (C=O) groups excluding carboxylic acids is 3. The quantitative estimate of drug-likeness (QED) is 0.853. The van der Waals surface area contributed by atoms with Gasteiger partial charge in [-0.3, -0.25) is 14.4 Å². The number of nitrogens with zero attached hydrogens (tertiary/aromatic N) is 1. The van der Waals surface area contributed by atoms with Crippen molar-refractivity contribution in [2.45, 2.75) is 12.8 Å². The van der Waals surface area contributed by atoms with Gasteiger partial charge in [0.05, 0.1) is 16.6 Å².